The molecule has 0 spiro atoms. The molecule has 2 fully saturated rings. The first kappa shape index (κ1) is 18.5. The number of aromatic nitrogens is 3. The molecule has 4 rings (SSSR count). The third-order valence-electron chi connectivity index (χ3n) is 5.38. The van der Waals surface area contributed by atoms with E-state index in [0.717, 1.165) is 16.8 Å². The molecule has 1 amide bonds. The second kappa shape index (κ2) is 6.06. The van der Waals surface area contributed by atoms with Crippen LogP contribution in [0.3, 0.4) is 0 Å². The molecule has 3 atom stereocenters. The minimum Gasteiger partial charge on any atom is -0.444 e. The van der Waals surface area contributed by atoms with E-state index < -0.39 is 11.4 Å². The molecule has 1 aliphatic heterocycles. The normalized spacial score (nSPS) is 24.6. The summed E-state index contributed by atoms with van der Waals surface area (Å²) in [5, 5.41) is 7.81. The molecule has 2 aromatic heterocycles. The molecular formula is C19H24ClFN4O2. The van der Waals surface area contributed by atoms with Gasteiger partial charge in [-0.2, -0.15) is 5.10 Å². The third-order valence-corrected chi connectivity index (χ3v) is 5.63. The van der Waals surface area contributed by atoms with E-state index in [1.54, 1.807) is 4.90 Å². The van der Waals surface area contributed by atoms with Gasteiger partial charge in [-0.05, 0) is 38.5 Å². The van der Waals surface area contributed by atoms with Crippen LogP contribution in [0.4, 0.5) is 9.18 Å². The number of amides is 1. The van der Waals surface area contributed by atoms with Crippen LogP contribution in [-0.2, 0) is 4.74 Å². The van der Waals surface area contributed by atoms with Crippen LogP contribution in [0, 0.1) is 17.7 Å². The first-order chi connectivity index (χ1) is 12.6. The lowest BCUT2D eigenvalue weighted by Gasteiger charge is -2.25. The minimum absolute atomic E-state index is 0.0961. The maximum atomic E-state index is 14.4. The summed E-state index contributed by atoms with van der Waals surface area (Å²) < 4.78 is 19.9. The standard InChI is InChI=1S/C19H24ClFN4O2/c1-8(2)14-12-15(23-24-16(12)13(21)17(20)22-14)11-9-6-25(7-10(9)11)18(26)27-19(3,4)5/h8-11H,6-7H2,1-5H3,(H,23,24)/t9-,10+,11?. The molecule has 1 unspecified atom stereocenters. The highest BCUT2D eigenvalue weighted by Crippen LogP contribution is 2.59. The summed E-state index contributed by atoms with van der Waals surface area (Å²) in [6.07, 6.45) is -0.273. The summed E-state index contributed by atoms with van der Waals surface area (Å²) >= 11 is 5.95. The van der Waals surface area contributed by atoms with E-state index in [2.05, 4.69) is 15.2 Å². The van der Waals surface area contributed by atoms with Crippen molar-refractivity contribution in [1.29, 1.82) is 0 Å². The van der Waals surface area contributed by atoms with E-state index >= 15 is 0 Å². The van der Waals surface area contributed by atoms with Crippen LogP contribution in [-0.4, -0.2) is 44.9 Å². The predicted octanol–water partition coefficient (Wildman–Crippen LogP) is 4.45. The van der Waals surface area contributed by atoms with Crippen molar-refractivity contribution in [3.05, 3.63) is 22.4 Å². The van der Waals surface area contributed by atoms with Gasteiger partial charge in [0.05, 0.1) is 5.69 Å². The molecule has 3 heterocycles. The number of nitrogens with one attached hydrogen (secondary N) is 1. The highest BCUT2D eigenvalue weighted by atomic mass is 35.5. The van der Waals surface area contributed by atoms with Gasteiger partial charge < -0.3 is 9.64 Å². The van der Waals surface area contributed by atoms with E-state index in [1.165, 1.54) is 0 Å². The Morgan fingerprint density at radius 3 is 2.52 bits per heavy atom. The van der Waals surface area contributed by atoms with Crippen LogP contribution in [0.15, 0.2) is 0 Å². The van der Waals surface area contributed by atoms with E-state index in [4.69, 9.17) is 16.3 Å². The fourth-order valence-corrected chi connectivity index (χ4v) is 4.35. The average molecular weight is 395 g/mol. The number of rotatable bonds is 2. The van der Waals surface area contributed by atoms with Gasteiger partial charge in [0, 0.05) is 30.1 Å². The number of likely N-dealkylation sites (tertiary alicyclic amines) is 1. The van der Waals surface area contributed by atoms with Gasteiger partial charge in [-0.15, -0.1) is 0 Å². The zero-order valence-corrected chi connectivity index (χ0v) is 16.9. The zero-order valence-electron chi connectivity index (χ0n) is 16.1. The number of hydrogen-bond acceptors (Lipinski definition) is 4. The Hall–Kier alpha value is -1.89. The van der Waals surface area contributed by atoms with E-state index in [0.29, 0.717) is 24.9 Å². The lowest BCUT2D eigenvalue weighted by atomic mass is 10.0. The van der Waals surface area contributed by atoms with Crippen LogP contribution < -0.4 is 0 Å². The number of aromatic amines is 1. The van der Waals surface area contributed by atoms with Crippen LogP contribution >= 0.6 is 11.6 Å². The lowest BCUT2D eigenvalue weighted by molar-refractivity contribution is 0.0271. The number of halogens is 2. The zero-order chi connectivity index (χ0) is 19.7. The molecule has 8 heteroatoms. The van der Waals surface area contributed by atoms with E-state index in [1.807, 2.05) is 34.6 Å². The van der Waals surface area contributed by atoms with Crippen molar-refractivity contribution in [3.8, 4) is 0 Å². The average Bonchev–Trinajstić information content (AvgIpc) is 2.94. The first-order valence-corrected chi connectivity index (χ1v) is 9.67. The van der Waals surface area contributed by atoms with Crippen molar-refractivity contribution in [2.45, 2.75) is 52.1 Å². The van der Waals surface area contributed by atoms with Crippen molar-refractivity contribution < 1.29 is 13.9 Å². The van der Waals surface area contributed by atoms with Crippen LogP contribution in [0.2, 0.25) is 5.15 Å². The second-order valence-electron chi connectivity index (χ2n) is 8.86. The van der Waals surface area contributed by atoms with Gasteiger partial charge >= 0.3 is 6.09 Å². The number of piperidine rings is 1. The molecule has 1 saturated heterocycles. The Morgan fingerprint density at radius 1 is 1.33 bits per heavy atom. The molecule has 2 aromatic rings. The minimum atomic E-state index is -0.584. The molecular weight excluding hydrogens is 371 g/mol. The molecule has 1 N–H and O–H groups in total. The largest absolute Gasteiger partial charge is 0.444 e. The van der Waals surface area contributed by atoms with Gasteiger partial charge in [0.15, 0.2) is 11.0 Å². The topological polar surface area (TPSA) is 71.1 Å². The molecule has 1 saturated carbocycles. The van der Waals surface area contributed by atoms with Gasteiger partial charge in [0.25, 0.3) is 0 Å². The van der Waals surface area contributed by atoms with Gasteiger partial charge in [0.1, 0.15) is 11.1 Å². The smallest absolute Gasteiger partial charge is 0.410 e. The lowest BCUT2D eigenvalue weighted by Crippen LogP contribution is -2.36. The van der Waals surface area contributed by atoms with Crippen molar-refractivity contribution in [2.24, 2.45) is 11.8 Å². The first-order valence-electron chi connectivity index (χ1n) is 9.29. The van der Waals surface area contributed by atoms with Crippen molar-refractivity contribution in [3.63, 3.8) is 0 Å². The van der Waals surface area contributed by atoms with Gasteiger partial charge in [-0.25, -0.2) is 14.2 Å². The SMILES string of the molecule is CC(C)c1nc(Cl)c(F)c2n[nH]c(C3[C@H]4CN(C(=O)OC(C)(C)C)C[C@@H]34)c12. The Morgan fingerprint density at radius 2 is 1.96 bits per heavy atom. The quantitative estimate of drug-likeness (QED) is 0.763. The molecule has 0 aromatic carbocycles. The van der Waals surface area contributed by atoms with Crippen molar-refractivity contribution in [1.82, 2.24) is 20.1 Å². The highest BCUT2D eigenvalue weighted by molar-refractivity contribution is 6.30. The fourth-order valence-electron chi connectivity index (χ4n) is 4.17. The van der Waals surface area contributed by atoms with Gasteiger partial charge in [-0.3, -0.25) is 5.10 Å². The maximum Gasteiger partial charge on any atom is 0.410 e. The van der Waals surface area contributed by atoms with Crippen molar-refractivity contribution >= 4 is 28.6 Å². The fraction of sp³-hybridized carbons (Fsp3) is 0.632. The molecule has 2 aliphatic rings. The Balaban J connectivity index is 1.59. The summed E-state index contributed by atoms with van der Waals surface area (Å²) in [6, 6.07) is 0. The number of carbonyl (C=O) groups is 1. The molecule has 0 bridgehead atoms. The second-order valence-corrected chi connectivity index (χ2v) is 9.21. The molecule has 0 radical (unpaired) electrons. The predicted molar refractivity (Wildman–Crippen MR) is 100 cm³/mol. The van der Waals surface area contributed by atoms with Gasteiger partial charge in [0.2, 0.25) is 0 Å². The van der Waals surface area contributed by atoms with Crippen LogP contribution in [0.5, 0.6) is 0 Å². The third kappa shape index (κ3) is 3.06. The van der Waals surface area contributed by atoms with Crippen LogP contribution in [0.25, 0.3) is 10.9 Å². The number of hydrogen-bond donors (Lipinski definition) is 1. The summed E-state index contributed by atoms with van der Waals surface area (Å²) in [7, 11) is 0. The van der Waals surface area contributed by atoms with Crippen LogP contribution in [0.1, 0.15) is 57.8 Å². The van der Waals surface area contributed by atoms with E-state index in [9.17, 15) is 9.18 Å². The summed E-state index contributed by atoms with van der Waals surface area (Å²) in [5.74, 6) is 0.409. The number of nitrogens with zero attached hydrogens (tertiary/aromatic N) is 3. The van der Waals surface area contributed by atoms with E-state index in [-0.39, 0.29) is 28.6 Å². The maximum absolute atomic E-state index is 14.4. The number of H-pyrrole nitrogens is 1. The molecule has 146 valence electrons. The Bertz CT molecular complexity index is 909. The number of carbonyl (C=O) groups excluding carboxylic acids is 1. The highest BCUT2D eigenvalue weighted by Gasteiger charge is 2.59. The number of pyridine rings is 1. The molecule has 1 aliphatic carbocycles. The number of fused-ring (bicyclic) bond motifs is 2. The summed E-state index contributed by atoms with van der Waals surface area (Å²) in [6.45, 7) is 10.9. The number of ether oxygens (including phenoxy) is 1. The Labute approximate surface area is 162 Å². The molecule has 6 nitrogen and oxygen atoms in total. The summed E-state index contributed by atoms with van der Waals surface area (Å²) in [5.41, 5.74) is 1.42. The molecule has 27 heavy (non-hydrogen) atoms. The monoisotopic (exact) mass is 394 g/mol. The summed E-state index contributed by atoms with van der Waals surface area (Å²) in [4.78, 5) is 18.3. The Kier molecular flexibility index (Phi) is 4.14. The van der Waals surface area contributed by atoms with Gasteiger partial charge in [-0.1, -0.05) is 25.4 Å². The van der Waals surface area contributed by atoms with Crippen molar-refractivity contribution in [2.75, 3.05) is 13.1 Å².